The van der Waals surface area contributed by atoms with Gasteiger partial charge >= 0.3 is 0 Å². The SMILES string of the molecule is c1ccc(CN2OC3OCCC3C2c2ccccc2)cc1. The Kier molecular flexibility index (Phi) is 3.47. The number of rotatable bonds is 3. The third-order valence-corrected chi connectivity index (χ3v) is 4.36. The van der Waals surface area contributed by atoms with Crippen LogP contribution in [0, 0.1) is 5.92 Å². The molecular weight excluding hydrogens is 262 g/mol. The summed E-state index contributed by atoms with van der Waals surface area (Å²) in [7, 11) is 0. The topological polar surface area (TPSA) is 21.7 Å². The average molecular weight is 281 g/mol. The van der Waals surface area contributed by atoms with Crippen molar-refractivity contribution >= 4 is 0 Å². The van der Waals surface area contributed by atoms with Crippen molar-refractivity contribution in [3.8, 4) is 0 Å². The summed E-state index contributed by atoms with van der Waals surface area (Å²) in [4.78, 5) is 6.07. The zero-order valence-corrected chi connectivity index (χ0v) is 11.9. The molecule has 4 rings (SSSR count). The molecule has 0 bridgehead atoms. The van der Waals surface area contributed by atoms with Crippen molar-refractivity contribution in [2.75, 3.05) is 6.61 Å². The highest BCUT2D eigenvalue weighted by Gasteiger charge is 2.47. The first kappa shape index (κ1) is 13.0. The molecule has 3 nitrogen and oxygen atoms in total. The van der Waals surface area contributed by atoms with E-state index in [2.05, 4.69) is 59.7 Å². The Bertz CT molecular complexity index is 587. The Morgan fingerprint density at radius 2 is 1.67 bits per heavy atom. The highest BCUT2D eigenvalue weighted by atomic mass is 16.8. The highest BCUT2D eigenvalue weighted by Crippen LogP contribution is 2.45. The van der Waals surface area contributed by atoms with E-state index in [0.29, 0.717) is 5.92 Å². The third-order valence-electron chi connectivity index (χ3n) is 4.36. The van der Waals surface area contributed by atoms with Gasteiger partial charge in [0.25, 0.3) is 0 Å². The van der Waals surface area contributed by atoms with Crippen LogP contribution in [0.5, 0.6) is 0 Å². The van der Waals surface area contributed by atoms with Crippen LogP contribution in [0.15, 0.2) is 60.7 Å². The Hall–Kier alpha value is -1.68. The molecule has 108 valence electrons. The maximum absolute atomic E-state index is 6.07. The van der Waals surface area contributed by atoms with Gasteiger partial charge in [-0.15, -0.1) is 0 Å². The summed E-state index contributed by atoms with van der Waals surface area (Å²) in [5.74, 6) is 0.427. The van der Waals surface area contributed by atoms with Crippen LogP contribution in [0.2, 0.25) is 0 Å². The molecule has 2 heterocycles. The molecule has 2 fully saturated rings. The predicted octanol–water partition coefficient (Wildman–Crippen LogP) is 3.54. The quantitative estimate of drug-likeness (QED) is 0.859. The van der Waals surface area contributed by atoms with Gasteiger partial charge in [0.15, 0.2) is 6.29 Å². The average Bonchev–Trinajstić information content (AvgIpc) is 3.09. The number of fused-ring (bicyclic) bond motifs is 1. The maximum atomic E-state index is 6.07. The van der Waals surface area contributed by atoms with Gasteiger partial charge in [0.05, 0.1) is 12.6 Å². The van der Waals surface area contributed by atoms with Crippen molar-refractivity contribution in [2.24, 2.45) is 5.92 Å². The number of hydrogen-bond acceptors (Lipinski definition) is 3. The fourth-order valence-electron chi connectivity index (χ4n) is 3.37. The lowest BCUT2D eigenvalue weighted by Gasteiger charge is -2.25. The van der Waals surface area contributed by atoms with E-state index in [0.717, 1.165) is 19.6 Å². The van der Waals surface area contributed by atoms with Gasteiger partial charge in [-0.25, -0.2) is 0 Å². The predicted molar refractivity (Wildman–Crippen MR) is 80.1 cm³/mol. The van der Waals surface area contributed by atoms with E-state index in [4.69, 9.17) is 9.57 Å². The number of hydroxylamine groups is 2. The first-order valence-electron chi connectivity index (χ1n) is 7.56. The normalized spacial score (nSPS) is 28.7. The first-order chi connectivity index (χ1) is 10.4. The van der Waals surface area contributed by atoms with Crippen LogP contribution in [0.4, 0.5) is 0 Å². The molecule has 3 atom stereocenters. The Morgan fingerprint density at radius 1 is 0.952 bits per heavy atom. The fraction of sp³-hybridized carbons (Fsp3) is 0.333. The number of hydrogen-bond donors (Lipinski definition) is 0. The van der Waals surface area contributed by atoms with Crippen molar-refractivity contribution in [2.45, 2.75) is 25.3 Å². The summed E-state index contributed by atoms with van der Waals surface area (Å²) in [6, 6.07) is 21.4. The zero-order chi connectivity index (χ0) is 14.1. The molecule has 0 amide bonds. The van der Waals surface area contributed by atoms with Crippen LogP contribution in [-0.4, -0.2) is 18.0 Å². The van der Waals surface area contributed by atoms with E-state index >= 15 is 0 Å². The van der Waals surface area contributed by atoms with Gasteiger partial charge in [-0.05, 0) is 17.5 Å². The molecular formula is C18H19NO2. The van der Waals surface area contributed by atoms with Gasteiger partial charge in [0.2, 0.25) is 0 Å². The van der Waals surface area contributed by atoms with Crippen LogP contribution in [0.25, 0.3) is 0 Å². The van der Waals surface area contributed by atoms with Gasteiger partial charge in [0.1, 0.15) is 0 Å². The molecule has 2 aromatic rings. The van der Waals surface area contributed by atoms with Gasteiger partial charge in [-0.3, -0.25) is 4.84 Å². The van der Waals surface area contributed by atoms with E-state index in [1.165, 1.54) is 11.1 Å². The summed E-state index contributed by atoms with van der Waals surface area (Å²) in [5, 5.41) is 2.10. The molecule has 2 aromatic carbocycles. The lowest BCUT2D eigenvalue weighted by molar-refractivity contribution is -0.238. The van der Waals surface area contributed by atoms with E-state index in [1.54, 1.807) is 0 Å². The van der Waals surface area contributed by atoms with Crippen LogP contribution in [0.3, 0.4) is 0 Å². The minimum Gasteiger partial charge on any atom is -0.350 e. The Morgan fingerprint density at radius 3 is 2.43 bits per heavy atom. The third kappa shape index (κ3) is 2.48. The number of ether oxygens (including phenoxy) is 1. The molecule has 0 saturated carbocycles. The summed E-state index contributed by atoms with van der Waals surface area (Å²) in [6.07, 6.45) is 0.981. The van der Waals surface area contributed by atoms with Crippen molar-refractivity contribution in [3.05, 3.63) is 71.8 Å². The lowest BCUT2D eigenvalue weighted by Crippen LogP contribution is -2.24. The van der Waals surface area contributed by atoms with Gasteiger partial charge in [-0.2, -0.15) is 5.06 Å². The maximum Gasteiger partial charge on any atom is 0.182 e. The molecule has 0 aliphatic carbocycles. The van der Waals surface area contributed by atoms with Gasteiger partial charge in [-0.1, -0.05) is 60.7 Å². The van der Waals surface area contributed by atoms with Crippen LogP contribution >= 0.6 is 0 Å². The van der Waals surface area contributed by atoms with Crippen LogP contribution in [0.1, 0.15) is 23.6 Å². The van der Waals surface area contributed by atoms with E-state index in [9.17, 15) is 0 Å². The van der Waals surface area contributed by atoms with Crippen LogP contribution in [-0.2, 0) is 16.1 Å². The molecule has 0 radical (unpaired) electrons. The minimum atomic E-state index is -0.0843. The number of nitrogens with zero attached hydrogens (tertiary/aromatic N) is 1. The second kappa shape index (κ2) is 5.60. The van der Waals surface area contributed by atoms with Crippen molar-refractivity contribution in [3.63, 3.8) is 0 Å². The summed E-state index contributed by atoms with van der Waals surface area (Å²) in [6.45, 7) is 1.59. The molecule has 2 aliphatic rings. The molecule has 21 heavy (non-hydrogen) atoms. The van der Waals surface area contributed by atoms with Crippen molar-refractivity contribution < 1.29 is 9.57 Å². The molecule has 0 spiro atoms. The summed E-state index contributed by atoms with van der Waals surface area (Å²) in [5.41, 5.74) is 2.57. The fourth-order valence-corrected chi connectivity index (χ4v) is 3.37. The largest absolute Gasteiger partial charge is 0.350 e. The van der Waals surface area contributed by atoms with Gasteiger partial charge < -0.3 is 4.74 Å². The van der Waals surface area contributed by atoms with Crippen molar-refractivity contribution in [1.29, 1.82) is 0 Å². The molecule has 2 aliphatic heterocycles. The lowest BCUT2D eigenvalue weighted by atomic mass is 9.92. The van der Waals surface area contributed by atoms with Gasteiger partial charge in [0, 0.05) is 12.5 Å². The molecule has 3 unspecified atom stereocenters. The molecule has 0 aromatic heterocycles. The second-order valence-corrected chi connectivity index (χ2v) is 5.71. The second-order valence-electron chi connectivity index (χ2n) is 5.71. The molecule has 2 saturated heterocycles. The summed E-state index contributed by atoms with van der Waals surface area (Å²) < 4.78 is 5.73. The van der Waals surface area contributed by atoms with E-state index < -0.39 is 0 Å². The van der Waals surface area contributed by atoms with Crippen molar-refractivity contribution in [1.82, 2.24) is 5.06 Å². The zero-order valence-electron chi connectivity index (χ0n) is 11.9. The standard InChI is InChI=1S/C18H19NO2/c1-3-7-14(8-4-1)13-19-17(15-9-5-2-6-10-15)16-11-12-20-18(16)21-19/h1-10,16-18H,11-13H2. The smallest absolute Gasteiger partial charge is 0.182 e. The monoisotopic (exact) mass is 281 g/mol. The van der Waals surface area contributed by atoms with E-state index in [-0.39, 0.29) is 12.3 Å². The Balaban J connectivity index is 1.62. The summed E-state index contributed by atoms with van der Waals surface area (Å²) >= 11 is 0. The number of benzene rings is 2. The van der Waals surface area contributed by atoms with E-state index in [1.807, 2.05) is 6.07 Å². The van der Waals surface area contributed by atoms with Crippen LogP contribution < -0.4 is 0 Å². The molecule has 3 heteroatoms. The first-order valence-corrected chi connectivity index (χ1v) is 7.56. The Labute approximate surface area is 125 Å². The minimum absolute atomic E-state index is 0.0843. The highest BCUT2D eigenvalue weighted by molar-refractivity contribution is 5.22. The molecule has 0 N–H and O–H groups in total.